The normalized spacial score (nSPS) is 25.7. The van der Waals surface area contributed by atoms with Crippen LogP contribution in [0.2, 0.25) is 18.1 Å². The summed E-state index contributed by atoms with van der Waals surface area (Å²) in [6.07, 6.45) is 0.941. The first-order valence-corrected chi connectivity index (χ1v) is 13.0. The fraction of sp³-hybridized carbons (Fsp3) is 0.810. The fourth-order valence-electron chi connectivity index (χ4n) is 3.13. The molecule has 1 heterocycles. The van der Waals surface area contributed by atoms with E-state index in [-0.39, 0.29) is 17.9 Å². The van der Waals surface area contributed by atoms with E-state index < -0.39 is 43.9 Å². The lowest BCUT2D eigenvalue weighted by atomic mass is 10.0. The van der Waals surface area contributed by atoms with Crippen molar-refractivity contribution in [3.05, 3.63) is 12.7 Å². The average Bonchev–Trinajstić information content (AvgIpc) is 2.82. The summed E-state index contributed by atoms with van der Waals surface area (Å²) in [4.78, 5) is 26.7. The van der Waals surface area contributed by atoms with Gasteiger partial charge in [0.25, 0.3) is 0 Å². The molecule has 1 amide bonds. The van der Waals surface area contributed by atoms with Gasteiger partial charge in [0.05, 0.1) is 13.2 Å². The number of likely N-dealkylation sites (tertiary alicyclic amines) is 1. The van der Waals surface area contributed by atoms with Gasteiger partial charge in [-0.25, -0.2) is 9.59 Å². The molecule has 1 aliphatic heterocycles. The maximum absolute atomic E-state index is 13.0. The largest absolute Gasteiger partial charge is 0.467 e. The SMILES string of the molecule is C=CCCC1(O)C(O[Si](C)(C)C(C)(C)C)C[C@@H](C(=O)OC)N1C(=O)OC(C)(C)C. The Kier molecular flexibility index (Phi) is 7.76. The van der Waals surface area contributed by atoms with E-state index in [1.165, 1.54) is 7.11 Å². The van der Waals surface area contributed by atoms with Gasteiger partial charge in [-0.1, -0.05) is 26.8 Å². The molecule has 0 spiro atoms. The van der Waals surface area contributed by atoms with E-state index in [4.69, 9.17) is 13.9 Å². The molecule has 1 rings (SSSR count). The molecule has 0 bridgehead atoms. The number of esters is 1. The smallest absolute Gasteiger partial charge is 0.413 e. The Balaban J connectivity index is 3.43. The summed E-state index contributed by atoms with van der Waals surface area (Å²) in [5, 5.41) is 11.6. The Hall–Kier alpha value is -1.38. The van der Waals surface area contributed by atoms with Gasteiger partial charge >= 0.3 is 12.1 Å². The van der Waals surface area contributed by atoms with E-state index in [1.54, 1.807) is 26.8 Å². The van der Waals surface area contributed by atoms with Crippen LogP contribution < -0.4 is 0 Å². The first-order valence-electron chi connectivity index (χ1n) is 10.1. The van der Waals surface area contributed by atoms with Crippen molar-refractivity contribution < 1.29 is 28.6 Å². The molecule has 8 heteroatoms. The minimum Gasteiger partial charge on any atom is -0.467 e. The number of allylic oxidation sites excluding steroid dienone is 1. The number of ether oxygens (including phenoxy) is 2. The molecule has 0 radical (unpaired) electrons. The van der Waals surface area contributed by atoms with Crippen LogP contribution in [-0.4, -0.2) is 61.0 Å². The molecule has 1 saturated heterocycles. The number of methoxy groups -OCH3 is 1. The van der Waals surface area contributed by atoms with E-state index in [0.29, 0.717) is 6.42 Å². The van der Waals surface area contributed by atoms with Gasteiger partial charge < -0.3 is 19.0 Å². The molecule has 29 heavy (non-hydrogen) atoms. The number of aliphatic hydroxyl groups is 1. The van der Waals surface area contributed by atoms with Gasteiger partial charge in [-0.2, -0.15) is 0 Å². The molecule has 1 fully saturated rings. The van der Waals surface area contributed by atoms with Crippen LogP contribution >= 0.6 is 0 Å². The third kappa shape index (κ3) is 5.83. The van der Waals surface area contributed by atoms with Crippen LogP contribution in [0.3, 0.4) is 0 Å². The molecule has 0 aromatic heterocycles. The van der Waals surface area contributed by atoms with Crippen molar-refractivity contribution in [3.8, 4) is 0 Å². The highest BCUT2D eigenvalue weighted by Gasteiger charge is 2.60. The molecule has 0 saturated carbocycles. The van der Waals surface area contributed by atoms with Gasteiger partial charge in [0, 0.05) is 12.8 Å². The van der Waals surface area contributed by atoms with Crippen molar-refractivity contribution >= 4 is 20.4 Å². The van der Waals surface area contributed by atoms with Gasteiger partial charge in [0.1, 0.15) is 11.6 Å². The number of carbonyl (C=O) groups excluding carboxylic acids is 2. The summed E-state index contributed by atoms with van der Waals surface area (Å²) < 4.78 is 16.9. The van der Waals surface area contributed by atoms with Gasteiger partial charge in [-0.15, -0.1) is 6.58 Å². The molecule has 168 valence electrons. The number of carbonyl (C=O) groups is 2. The van der Waals surface area contributed by atoms with Crippen molar-refractivity contribution in [2.45, 2.75) is 102 Å². The van der Waals surface area contributed by atoms with Gasteiger partial charge in [-0.3, -0.25) is 4.90 Å². The zero-order valence-corrected chi connectivity index (χ0v) is 20.5. The Morgan fingerprint density at radius 1 is 1.24 bits per heavy atom. The summed E-state index contributed by atoms with van der Waals surface area (Å²) in [5.74, 6) is -0.603. The molecule has 0 aromatic carbocycles. The van der Waals surface area contributed by atoms with Crippen LogP contribution in [0, 0.1) is 0 Å². The maximum atomic E-state index is 13.0. The van der Waals surface area contributed by atoms with E-state index in [9.17, 15) is 14.7 Å². The Morgan fingerprint density at radius 3 is 2.21 bits per heavy atom. The first-order chi connectivity index (χ1) is 13.0. The van der Waals surface area contributed by atoms with E-state index in [0.717, 1.165) is 4.90 Å². The lowest BCUT2D eigenvalue weighted by Crippen LogP contribution is -2.59. The Morgan fingerprint density at radius 2 is 1.79 bits per heavy atom. The molecule has 1 N–H and O–H groups in total. The highest BCUT2D eigenvalue weighted by Crippen LogP contribution is 2.45. The third-order valence-electron chi connectivity index (χ3n) is 5.70. The van der Waals surface area contributed by atoms with Gasteiger partial charge in [-0.05, 0) is 45.3 Å². The molecule has 7 nitrogen and oxygen atoms in total. The second-order valence-corrected chi connectivity index (χ2v) is 15.0. The monoisotopic (exact) mass is 429 g/mol. The number of nitrogens with zero attached hydrogens (tertiary/aromatic N) is 1. The lowest BCUT2D eigenvalue weighted by molar-refractivity contribution is -0.161. The van der Waals surface area contributed by atoms with Crippen LogP contribution in [-0.2, 0) is 18.7 Å². The number of hydrogen-bond donors (Lipinski definition) is 1. The van der Waals surface area contributed by atoms with E-state index >= 15 is 0 Å². The second kappa shape index (κ2) is 8.77. The summed E-state index contributed by atoms with van der Waals surface area (Å²) >= 11 is 0. The van der Waals surface area contributed by atoms with Crippen molar-refractivity contribution in [2.24, 2.45) is 0 Å². The highest BCUT2D eigenvalue weighted by atomic mass is 28.4. The summed E-state index contributed by atoms with van der Waals surface area (Å²) in [6, 6.07) is -0.987. The van der Waals surface area contributed by atoms with Crippen molar-refractivity contribution in [3.63, 3.8) is 0 Å². The van der Waals surface area contributed by atoms with Crippen molar-refractivity contribution in [1.82, 2.24) is 4.90 Å². The molecule has 2 unspecified atom stereocenters. The van der Waals surface area contributed by atoms with Crippen molar-refractivity contribution in [2.75, 3.05) is 7.11 Å². The van der Waals surface area contributed by atoms with Crippen LogP contribution in [0.15, 0.2) is 12.7 Å². The standard InChI is InChI=1S/C21H39NO6Si/c1-11-12-13-21(25)16(28-29(9,10)20(5,6)7)14-15(17(23)26-8)22(21)18(24)27-19(2,3)4/h11,15-16,25H,1,12-14H2,2-10H3/t15-,16?,21?/m0/s1. The summed E-state index contributed by atoms with van der Waals surface area (Å²) in [6.45, 7) is 19.4. The molecular formula is C21H39NO6Si. The van der Waals surface area contributed by atoms with Crippen LogP contribution in [0.4, 0.5) is 4.79 Å². The number of hydrogen-bond acceptors (Lipinski definition) is 6. The molecule has 3 atom stereocenters. The topological polar surface area (TPSA) is 85.3 Å². The summed E-state index contributed by atoms with van der Waals surface area (Å²) in [7, 11) is -1.04. The Bertz CT molecular complexity index is 622. The molecular weight excluding hydrogens is 390 g/mol. The van der Waals surface area contributed by atoms with Gasteiger partial charge in [0.15, 0.2) is 14.0 Å². The van der Waals surface area contributed by atoms with Crippen molar-refractivity contribution in [1.29, 1.82) is 0 Å². The minimum atomic E-state index is -2.30. The molecule has 0 aliphatic carbocycles. The number of amides is 1. The molecule has 1 aliphatic rings. The van der Waals surface area contributed by atoms with E-state index in [2.05, 4.69) is 40.4 Å². The average molecular weight is 430 g/mol. The zero-order valence-electron chi connectivity index (χ0n) is 19.5. The van der Waals surface area contributed by atoms with E-state index in [1.807, 2.05) is 0 Å². The zero-order chi connectivity index (χ0) is 22.8. The predicted molar refractivity (Wildman–Crippen MR) is 115 cm³/mol. The first kappa shape index (κ1) is 25.7. The number of rotatable bonds is 6. The Labute approximate surface area is 176 Å². The quantitative estimate of drug-likeness (QED) is 0.387. The second-order valence-electron chi connectivity index (χ2n) is 10.2. The van der Waals surface area contributed by atoms with Crippen LogP contribution in [0.5, 0.6) is 0 Å². The molecule has 0 aromatic rings. The summed E-state index contributed by atoms with van der Waals surface area (Å²) in [5.41, 5.74) is -2.49. The van der Waals surface area contributed by atoms with Crippen LogP contribution in [0.1, 0.15) is 60.8 Å². The van der Waals surface area contributed by atoms with Crippen LogP contribution in [0.25, 0.3) is 0 Å². The highest BCUT2D eigenvalue weighted by molar-refractivity contribution is 6.74. The van der Waals surface area contributed by atoms with Gasteiger partial charge in [0.2, 0.25) is 0 Å². The minimum absolute atomic E-state index is 0.105. The third-order valence-corrected chi connectivity index (χ3v) is 10.2. The lowest BCUT2D eigenvalue weighted by Gasteiger charge is -2.44. The maximum Gasteiger partial charge on any atom is 0.413 e. The fourth-order valence-corrected chi connectivity index (χ4v) is 4.48. The predicted octanol–water partition coefficient (Wildman–Crippen LogP) is 4.21.